The van der Waals surface area contributed by atoms with Crippen molar-refractivity contribution in [3.05, 3.63) is 77.4 Å². The van der Waals surface area contributed by atoms with Gasteiger partial charge in [-0.3, -0.25) is 15.3 Å². The molecule has 0 spiro atoms. The molecule has 1 radical (unpaired) electrons. The Morgan fingerprint density at radius 3 is 2.52 bits per heavy atom. The first-order valence-corrected chi connectivity index (χ1v) is 10.2. The summed E-state index contributed by atoms with van der Waals surface area (Å²) in [5, 5.41) is 3.11. The molecule has 1 saturated carbocycles. The molecule has 1 fully saturated rings. The Morgan fingerprint density at radius 2 is 1.74 bits per heavy atom. The van der Waals surface area contributed by atoms with Crippen LogP contribution >= 0.6 is 0 Å². The molecule has 155 valence electrons. The number of benzene rings is 3. The summed E-state index contributed by atoms with van der Waals surface area (Å²) in [4.78, 5) is 24.7. The molecule has 0 aromatic heterocycles. The number of carbonyl (C=O) groups excluding carboxylic acids is 2. The van der Waals surface area contributed by atoms with Gasteiger partial charge in [0.1, 0.15) is 0 Å². The van der Waals surface area contributed by atoms with Crippen molar-refractivity contribution in [2.75, 3.05) is 12.1 Å². The van der Waals surface area contributed by atoms with E-state index in [0.717, 1.165) is 40.8 Å². The molecule has 1 heterocycles. The van der Waals surface area contributed by atoms with Gasteiger partial charge in [-0.15, -0.1) is 0 Å². The van der Waals surface area contributed by atoms with E-state index >= 15 is 0 Å². The number of ether oxygens (including phenoxy) is 2. The second-order valence-corrected chi connectivity index (χ2v) is 7.99. The molecule has 0 unspecified atom stereocenters. The van der Waals surface area contributed by atoms with E-state index in [0.29, 0.717) is 17.1 Å². The summed E-state index contributed by atoms with van der Waals surface area (Å²) in [7, 11) is 0. The maximum Gasteiger partial charge on any atom is 0.269 e. The van der Waals surface area contributed by atoms with Crippen LogP contribution in [-0.2, 0) is 10.2 Å². The van der Waals surface area contributed by atoms with Crippen LogP contribution < -0.4 is 20.5 Å². The Morgan fingerprint density at radius 1 is 0.968 bits per heavy atom. The number of nitrogens with one attached hydrogen (secondary N) is 2. The molecular formula is C25H21N2O4. The van der Waals surface area contributed by atoms with Crippen LogP contribution in [0.1, 0.15) is 34.3 Å². The maximum atomic E-state index is 13.3. The minimum absolute atomic E-state index is 0.0401. The zero-order valence-corrected chi connectivity index (χ0v) is 17.0. The second-order valence-electron chi connectivity index (χ2n) is 7.99. The number of fused-ring (bicyclic) bond motifs is 1. The topological polar surface area (TPSA) is 88.4 Å². The van der Waals surface area contributed by atoms with Crippen molar-refractivity contribution in [3.63, 3.8) is 0 Å². The minimum Gasteiger partial charge on any atom is -0.454 e. The first kappa shape index (κ1) is 19.2. The number of carbonyl (C=O) groups is 2. The molecule has 31 heavy (non-hydrogen) atoms. The van der Waals surface area contributed by atoms with Crippen LogP contribution in [0.3, 0.4) is 0 Å². The van der Waals surface area contributed by atoms with Crippen LogP contribution in [0.4, 0.5) is 5.69 Å². The molecule has 1 aliphatic carbocycles. The minimum atomic E-state index is -0.719. The van der Waals surface area contributed by atoms with Gasteiger partial charge in [-0.25, -0.2) is 0 Å². The van der Waals surface area contributed by atoms with Gasteiger partial charge in [0.15, 0.2) is 11.5 Å². The maximum absolute atomic E-state index is 13.3. The van der Waals surface area contributed by atoms with E-state index in [9.17, 15) is 9.59 Å². The average molecular weight is 413 g/mol. The molecule has 3 aromatic rings. The van der Waals surface area contributed by atoms with Crippen molar-refractivity contribution in [2.24, 2.45) is 0 Å². The SMILES string of the molecule is Cc1c(NC(=O)C2(c3ccc4c(c3)OCO4)CC2)cccc1-c1cccc(C([NH])=O)c1. The third kappa shape index (κ3) is 3.30. The average Bonchev–Trinajstić information content (AvgIpc) is 3.46. The molecule has 1 aliphatic heterocycles. The lowest BCUT2D eigenvalue weighted by Gasteiger charge is -2.19. The molecule has 0 atom stereocenters. The lowest BCUT2D eigenvalue weighted by atomic mass is 9.93. The molecule has 6 nitrogen and oxygen atoms in total. The van der Waals surface area contributed by atoms with Gasteiger partial charge in [-0.2, -0.15) is 0 Å². The van der Waals surface area contributed by atoms with Crippen LogP contribution in [-0.4, -0.2) is 18.6 Å². The first-order valence-electron chi connectivity index (χ1n) is 10.2. The zero-order valence-electron chi connectivity index (χ0n) is 17.0. The number of rotatable bonds is 5. The molecule has 3 aromatic carbocycles. The standard InChI is InChI=1S/C25H21N2O4/c1-15-19(16-4-2-5-17(12-16)23(26)28)6-3-7-20(15)27-24(29)25(10-11-25)18-8-9-21-22(13-18)31-14-30-21/h2-9,12-13,26H,10-11,14H2,1H3,(H,27,29). The quantitative estimate of drug-likeness (QED) is 0.668. The Balaban J connectivity index is 1.43. The normalized spacial score (nSPS) is 15.4. The summed E-state index contributed by atoms with van der Waals surface area (Å²) in [5.41, 5.74) is 11.5. The van der Waals surface area contributed by atoms with Gasteiger partial charge in [-0.05, 0) is 72.4 Å². The van der Waals surface area contributed by atoms with E-state index in [1.165, 1.54) is 0 Å². The van der Waals surface area contributed by atoms with Crippen molar-refractivity contribution in [3.8, 4) is 22.6 Å². The highest BCUT2D eigenvalue weighted by molar-refractivity contribution is 6.02. The third-order valence-electron chi connectivity index (χ3n) is 6.13. The largest absolute Gasteiger partial charge is 0.454 e. The lowest BCUT2D eigenvalue weighted by Crippen LogP contribution is -2.28. The summed E-state index contributed by atoms with van der Waals surface area (Å²) in [6.45, 7) is 2.15. The molecule has 2 aliphatic rings. The Hall–Kier alpha value is -3.80. The number of amides is 2. The summed E-state index contributed by atoms with van der Waals surface area (Å²) >= 11 is 0. The van der Waals surface area contributed by atoms with Crippen molar-refractivity contribution < 1.29 is 19.1 Å². The molecule has 2 amide bonds. The van der Waals surface area contributed by atoms with E-state index in [-0.39, 0.29) is 12.7 Å². The summed E-state index contributed by atoms with van der Waals surface area (Å²) in [6, 6.07) is 18.4. The number of hydrogen-bond acceptors (Lipinski definition) is 4. The highest BCUT2D eigenvalue weighted by Gasteiger charge is 2.51. The van der Waals surface area contributed by atoms with E-state index in [1.807, 2.05) is 49.4 Å². The van der Waals surface area contributed by atoms with Crippen molar-refractivity contribution in [2.45, 2.75) is 25.2 Å². The van der Waals surface area contributed by atoms with Gasteiger partial charge >= 0.3 is 0 Å². The summed E-state index contributed by atoms with van der Waals surface area (Å²) < 4.78 is 10.9. The van der Waals surface area contributed by atoms with E-state index in [1.54, 1.807) is 18.2 Å². The summed E-state index contributed by atoms with van der Waals surface area (Å²) in [5.74, 6) is 0.625. The summed E-state index contributed by atoms with van der Waals surface area (Å²) in [6.07, 6.45) is 1.57. The van der Waals surface area contributed by atoms with E-state index in [4.69, 9.17) is 15.2 Å². The van der Waals surface area contributed by atoms with Gasteiger partial charge in [-0.1, -0.05) is 30.3 Å². The fourth-order valence-corrected chi connectivity index (χ4v) is 4.12. The monoisotopic (exact) mass is 413 g/mol. The van der Waals surface area contributed by atoms with Crippen LogP contribution in [0.15, 0.2) is 60.7 Å². The molecule has 5 rings (SSSR count). The number of anilines is 1. The molecular weight excluding hydrogens is 392 g/mol. The fraction of sp³-hybridized carbons (Fsp3) is 0.200. The predicted octanol–water partition coefficient (Wildman–Crippen LogP) is 4.48. The smallest absolute Gasteiger partial charge is 0.269 e. The van der Waals surface area contributed by atoms with Crippen LogP contribution in [0.25, 0.3) is 11.1 Å². The highest BCUT2D eigenvalue weighted by Crippen LogP contribution is 2.51. The van der Waals surface area contributed by atoms with Gasteiger partial charge < -0.3 is 14.8 Å². The molecule has 0 saturated heterocycles. The Labute approximate surface area is 180 Å². The molecule has 0 bridgehead atoms. The van der Waals surface area contributed by atoms with E-state index in [2.05, 4.69) is 5.32 Å². The highest BCUT2D eigenvalue weighted by atomic mass is 16.7. The van der Waals surface area contributed by atoms with Gasteiger partial charge in [0.25, 0.3) is 5.91 Å². The first-order chi connectivity index (χ1) is 15.0. The van der Waals surface area contributed by atoms with Gasteiger partial charge in [0.2, 0.25) is 12.7 Å². The zero-order chi connectivity index (χ0) is 21.6. The van der Waals surface area contributed by atoms with Gasteiger partial charge in [0, 0.05) is 11.3 Å². The van der Waals surface area contributed by atoms with Crippen molar-refractivity contribution in [1.29, 1.82) is 0 Å². The predicted molar refractivity (Wildman–Crippen MR) is 116 cm³/mol. The Kier molecular flexibility index (Phi) is 4.43. The molecule has 2 N–H and O–H groups in total. The fourth-order valence-electron chi connectivity index (χ4n) is 4.12. The van der Waals surface area contributed by atoms with Crippen molar-refractivity contribution >= 4 is 17.5 Å². The van der Waals surface area contributed by atoms with Crippen LogP contribution in [0.5, 0.6) is 11.5 Å². The van der Waals surface area contributed by atoms with Gasteiger partial charge in [0.05, 0.1) is 5.41 Å². The van der Waals surface area contributed by atoms with Crippen molar-refractivity contribution in [1.82, 2.24) is 5.73 Å². The molecule has 6 heteroatoms. The second kappa shape index (κ2) is 7.16. The van der Waals surface area contributed by atoms with Crippen LogP contribution in [0.2, 0.25) is 0 Å². The third-order valence-corrected chi connectivity index (χ3v) is 6.13. The van der Waals surface area contributed by atoms with Crippen LogP contribution in [0, 0.1) is 6.92 Å². The van der Waals surface area contributed by atoms with E-state index < -0.39 is 11.3 Å². The lowest BCUT2D eigenvalue weighted by molar-refractivity contribution is -0.118. The Bertz CT molecular complexity index is 1210. The number of hydrogen-bond donors (Lipinski definition) is 1.